The topological polar surface area (TPSA) is 38.1 Å². The van der Waals surface area contributed by atoms with E-state index in [2.05, 4.69) is 4.57 Å². The molecule has 3 aromatic carbocycles. The van der Waals surface area contributed by atoms with Crippen molar-refractivity contribution in [3.05, 3.63) is 78.9 Å². The van der Waals surface area contributed by atoms with Crippen molar-refractivity contribution in [2.24, 2.45) is 0 Å². The summed E-state index contributed by atoms with van der Waals surface area (Å²) in [6.45, 7) is 0. The van der Waals surface area contributed by atoms with Crippen LogP contribution >= 0.6 is 0 Å². The zero-order chi connectivity index (χ0) is 14.9. The number of fused-ring (bicyclic) bond motifs is 1. The minimum absolute atomic E-state index is 0. The third-order valence-electron chi connectivity index (χ3n) is 3.72. The van der Waals surface area contributed by atoms with Crippen molar-refractivity contribution in [2.45, 2.75) is 0 Å². The number of hydrogen-bond donors (Lipinski definition) is 1. The van der Waals surface area contributed by atoms with Gasteiger partial charge in [0.25, 0.3) is 0 Å². The third-order valence-corrected chi connectivity index (χ3v) is 3.72. The van der Waals surface area contributed by atoms with Crippen LogP contribution in [0.4, 0.5) is 0 Å². The summed E-state index contributed by atoms with van der Waals surface area (Å²) in [5, 5.41) is 10.2. The fourth-order valence-corrected chi connectivity index (χ4v) is 2.71. The second-order valence-electron chi connectivity index (χ2n) is 5.11. The maximum Gasteiger partial charge on any atom is 0.149 e. The SMILES string of the molecule is Oc1ccccc1-c1nc2ccccc2n1-c1ccccc1.[Zn]. The number of rotatable bonds is 2. The molecule has 0 aliphatic carbocycles. The molecular formula is C19H14N2OZn. The third kappa shape index (κ3) is 2.66. The number of phenols is 1. The summed E-state index contributed by atoms with van der Waals surface area (Å²) in [6.07, 6.45) is 0. The summed E-state index contributed by atoms with van der Waals surface area (Å²) in [5.41, 5.74) is 3.67. The molecule has 4 aromatic rings. The Kier molecular flexibility index (Phi) is 4.27. The van der Waals surface area contributed by atoms with Crippen molar-refractivity contribution in [3.63, 3.8) is 0 Å². The number of nitrogens with zero attached hydrogens (tertiary/aromatic N) is 2. The Hall–Kier alpha value is -2.45. The first-order valence-electron chi connectivity index (χ1n) is 7.16. The number of aromatic nitrogens is 2. The van der Waals surface area contributed by atoms with E-state index < -0.39 is 0 Å². The van der Waals surface area contributed by atoms with Crippen molar-refractivity contribution in [2.75, 3.05) is 0 Å². The van der Waals surface area contributed by atoms with Crippen LogP contribution in [0, 0.1) is 0 Å². The first kappa shape index (κ1) is 15.4. The Balaban J connectivity index is 0.00000156. The Morgan fingerprint density at radius 3 is 2.17 bits per heavy atom. The maximum absolute atomic E-state index is 10.2. The molecule has 1 aromatic heterocycles. The molecule has 23 heavy (non-hydrogen) atoms. The molecule has 0 atom stereocenters. The van der Waals surface area contributed by atoms with Gasteiger partial charge in [-0.15, -0.1) is 0 Å². The fraction of sp³-hybridized carbons (Fsp3) is 0. The zero-order valence-electron chi connectivity index (χ0n) is 12.6. The molecule has 0 bridgehead atoms. The number of phenolic OH excluding ortho intramolecular Hbond substituents is 1. The molecule has 1 heterocycles. The number of para-hydroxylation sites is 4. The first-order chi connectivity index (χ1) is 10.8. The smallest absolute Gasteiger partial charge is 0.149 e. The molecular weight excluding hydrogens is 338 g/mol. The van der Waals surface area contributed by atoms with E-state index in [9.17, 15) is 5.11 Å². The predicted octanol–water partition coefficient (Wildman–Crippen LogP) is 4.40. The van der Waals surface area contributed by atoms with Crippen molar-refractivity contribution in [1.82, 2.24) is 9.55 Å². The van der Waals surface area contributed by atoms with Gasteiger partial charge in [0.05, 0.1) is 16.6 Å². The van der Waals surface area contributed by atoms with Crippen LogP contribution in [-0.2, 0) is 19.5 Å². The van der Waals surface area contributed by atoms with Crippen molar-refractivity contribution >= 4 is 11.0 Å². The Morgan fingerprint density at radius 1 is 0.739 bits per heavy atom. The fourth-order valence-electron chi connectivity index (χ4n) is 2.71. The van der Waals surface area contributed by atoms with E-state index in [0.717, 1.165) is 28.1 Å². The van der Waals surface area contributed by atoms with Gasteiger partial charge < -0.3 is 5.11 Å². The molecule has 0 fully saturated rings. The van der Waals surface area contributed by atoms with Gasteiger partial charge in [0, 0.05) is 25.2 Å². The molecule has 0 aliphatic heterocycles. The largest absolute Gasteiger partial charge is 0.507 e. The minimum Gasteiger partial charge on any atom is -0.507 e. The van der Waals surface area contributed by atoms with Gasteiger partial charge in [0.2, 0.25) is 0 Å². The number of benzene rings is 3. The molecule has 0 saturated heterocycles. The van der Waals surface area contributed by atoms with Gasteiger partial charge in [-0.25, -0.2) is 4.98 Å². The molecule has 0 aliphatic rings. The normalized spacial score (nSPS) is 10.4. The van der Waals surface area contributed by atoms with Crippen LogP contribution in [0.15, 0.2) is 78.9 Å². The van der Waals surface area contributed by atoms with Gasteiger partial charge in [-0.2, -0.15) is 0 Å². The number of imidazole rings is 1. The molecule has 0 saturated carbocycles. The van der Waals surface area contributed by atoms with Gasteiger partial charge in [-0.05, 0) is 36.4 Å². The molecule has 4 heteroatoms. The predicted molar refractivity (Wildman–Crippen MR) is 88.2 cm³/mol. The second-order valence-corrected chi connectivity index (χ2v) is 5.11. The van der Waals surface area contributed by atoms with Crippen molar-refractivity contribution < 1.29 is 24.6 Å². The average molecular weight is 352 g/mol. The van der Waals surface area contributed by atoms with Crippen LogP contribution < -0.4 is 0 Å². The van der Waals surface area contributed by atoms with E-state index in [0.29, 0.717) is 0 Å². The standard InChI is InChI=1S/C19H14N2O.Zn/c22-18-13-7-4-10-15(18)19-20-16-11-5-6-12-17(16)21(19)14-8-2-1-3-9-14;/h1-13,22H;. The van der Waals surface area contributed by atoms with Gasteiger partial charge in [0.1, 0.15) is 11.6 Å². The molecule has 0 spiro atoms. The summed E-state index contributed by atoms with van der Waals surface area (Å²) in [7, 11) is 0. The maximum atomic E-state index is 10.2. The van der Waals surface area contributed by atoms with Gasteiger partial charge in [-0.3, -0.25) is 4.57 Å². The number of aromatic hydroxyl groups is 1. The minimum atomic E-state index is 0. The molecule has 0 amide bonds. The van der Waals surface area contributed by atoms with E-state index in [1.807, 2.05) is 72.8 Å². The van der Waals surface area contributed by atoms with Crippen LogP contribution in [0.5, 0.6) is 5.75 Å². The van der Waals surface area contributed by atoms with Crippen LogP contribution in [0.3, 0.4) is 0 Å². The zero-order valence-corrected chi connectivity index (χ0v) is 15.5. The summed E-state index contributed by atoms with van der Waals surface area (Å²) >= 11 is 0. The van der Waals surface area contributed by atoms with Crippen LogP contribution in [-0.4, -0.2) is 14.7 Å². The monoisotopic (exact) mass is 350 g/mol. The van der Waals surface area contributed by atoms with Crippen LogP contribution in [0.25, 0.3) is 28.1 Å². The van der Waals surface area contributed by atoms with E-state index in [1.165, 1.54) is 0 Å². The molecule has 1 N–H and O–H groups in total. The van der Waals surface area contributed by atoms with Gasteiger partial charge >= 0.3 is 0 Å². The van der Waals surface area contributed by atoms with E-state index in [4.69, 9.17) is 4.98 Å². The van der Waals surface area contributed by atoms with E-state index in [1.54, 1.807) is 6.07 Å². The average Bonchev–Trinajstić information content (AvgIpc) is 2.95. The van der Waals surface area contributed by atoms with Crippen molar-refractivity contribution in [3.8, 4) is 22.8 Å². The van der Waals surface area contributed by atoms with Crippen LogP contribution in [0.1, 0.15) is 0 Å². The Labute approximate surface area is 147 Å². The van der Waals surface area contributed by atoms with Crippen LogP contribution in [0.2, 0.25) is 0 Å². The number of hydrogen-bond acceptors (Lipinski definition) is 2. The summed E-state index contributed by atoms with van der Waals surface area (Å²) < 4.78 is 2.07. The second kappa shape index (κ2) is 6.35. The molecule has 3 nitrogen and oxygen atoms in total. The summed E-state index contributed by atoms with van der Waals surface area (Å²) in [5.74, 6) is 0.973. The van der Waals surface area contributed by atoms with E-state index in [-0.39, 0.29) is 25.2 Å². The summed E-state index contributed by atoms with van der Waals surface area (Å²) in [6, 6.07) is 25.3. The Morgan fingerprint density at radius 2 is 1.39 bits per heavy atom. The molecule has 0 radical (unpaired) electrons. The van der Waals surface area contributed by atoms with Gasteiger partial charge in [0.15, 0.2) is 0 Å². The quantitative estimate of drug-likeness (QED) is 0.544. The first-order valence-corrected chi connectivity index (χ1v) is 7.16. The molecule has 4 rings (SSSR count). The van der Waals surface area contributed by atoms with Gasteiger partial charge in [-0.1, -0.05) is 42.5 Å². The molecule has 0 unspecified atom stereocenters. The Bertz CT molecular complexity index is 948. The van der Waals surface area contributed by atoms with E-state index >= 15 is 0 Å². The molecule has 108 valence electrons. The van der Waals surface area contributed by atoms with Crippen molar-refractivity contribution in [1.29, 1.82) is 0 Å². The summed E-state index contributed by atoms with van der Waals surface area (Å²) in [4.78, 5) is 4.72.